The van der Waals surface area contributed by atoms with E-state index in [4.69, 9.17) is 0 Å². The molecule has 4 rings (SSSR count). The highest BCUT2D eigenvalue weighted by molar-refractivity contribution is 5.95. The second-order valence-electron chi connectivity index (χ2n) is 7.07. The van der Waals surface area contributed by atoms with Gasteiger partial charge in [-0.15, -0.1) is 10.2 Å². The largest absolute Gasteiger partial charge is 0.373 e. The molecule has 152 valence electrons. The summed E-state index contributed by atoms with van der Waals surface area (Å²) in [7, 11) is 1.87. The minimum absolute atomic E-state index is 0.204. The van der Waals surface area contributed by atoms with E-state index < -0.39 is 6.04 Å². The van der Waals surface area contributed by atoms with Crippen LogP contribution in [0.2, 0.25) is 0 Å². The zero-order chi connectivity index (χ0) is 20.9. The molecule has 1 aliphatic carbocycles. The van der Waals surface area contributed by atoms with Crippen LogP contribution in [0.4, 0.5) is 11.5 Å². The van der Waals surface area contributed by atoms with Gasteiger partial charge in [-0.3, -0.25) is 14.5 Å². The lowest BCUT2D eigenvalue weighted by molar-refractivity contribution is -0.116. The third-order valence-corrected chi connectivity index (χ3v) is 4.83. The molecule has 0 bridgehead atoms. The van der Waals surface area contributed by atoms with Crippen molar-refractivity contribution in [3.05, 3.63) is 66.6 Å². The van der Waals surface area contributed by atoms with Gasteiger partial charge in [0.25, 0.3) is 0 Å². The fraction of sp³-hybridized carbons (Fsp3) is 0.227. The van der Waals surface area contributed by atoms with Crippen LogP contribution in [0.25, 0.3) is 17.0 Å². The lowest BCUT2D eigenvalue weighted by atomic mass is 10.0. The van der Waals surface area contributed by atoms with Crippen LogP contribution in [0.15, 0.2) is 61.0 Å². The molecular formula is C22H23N7O. The molecule has 0 saturated carbocycles. The molecule has 0 aliphatic heterocycles. The van der Waals surface area contributed by atoms with Gasteiger partial charge in [0, 0.05) is 13.2 Å². The number of nitrogens with zero attached hydrogens (tertiary/aromatic N) is 5. The Kier molecular flexibility index (Phi) is 5.65. The molecule has 1 amide bonds. The number of allylic oxidation sites excluding steroid dienone is 4. The maximum atomic E-state index is 12.5. The Morgan fingerprint density at radius 2 is 1.97 bits per heavy atom. The molecule has 0 spiro atoms. The Morgan fingerprint density at radius 1 is 1.10 bits per heavy atom. The number of aromatic nitrogens is 5. The molecule has 0 saturated heterocycles. The molecule has 8 heteroatoms. The van der Waals surface area contributed by atoms with Gasteiger partial charge in [-0.2, -0.15) is 5.10 Å². The highest BCUT2D eigenvalue weighted by Crippen LogP contribution is 2.20. The number of anilines is 2. The van der Waals surface area contributed by atoms with E-state index in [9.17, 15) is 4.79 Å². The predicted octanol–water partition coefficient (Wildman–Crippen LogP) is 3.44. The van der Waals surface area contributed by atoms with Crippen molar-refractivity contribution in [1.29, 1.82) is 0 Å². The van der Waals surface area contributed by atoms with Crippen LogP contribution < -0.4 is 10.6 Å². The molecule has 2 N–H and O–H groups in total. The van der Waals surface area contributed by atoms with E-state index in [2.05, 4.69) is 43.1 Å². The molecule has 0 radical (unpaired) electrons. The molecule has 3 aromatic rings. The number of hydrogen-bond acceptors (Lipinski definition) is 6. The second-order valence-corrected chi connectivity index (χ2v) is 7.07. The van der Waals surface area contributed by atoms with Crippen molar-refractivity contribution in [2.24, 2.45) is 7.05 Å². The number of nitrogens with one attached hydrogen (secondary N) is 2. The summed E-state index contributed by atoms with van der Waals surface area (Å²) in [6.45, 7) is 1.78. The normalized spacial score (nSPS) is 14.1. The molecular weight excluding hydrogens is 378 g/mol. The maximum absolute atomic E-state index is 12.5. The summed E-state index contributed by atoms with van der Waals surface area (Å²) < 4.78 is 1.76. The van der Waals surface area contributed by atoms with E-state index in [0.717, 1.165) is 41.2 Å². The number of rotatable bonds is 6. The predicted molar refractivity (Wildman–Crippen MR) is 117 cm³/mol. The molecule has 0 aromatic carbocycles. The first kappa shape index (κ1) is 19.5. The molecule has 3 aromatic heterocycles. The van der Waals surface area contributed by atoms with Crippen molar-refractivity contribution < 1.29 is 4.79 Å². The van der Waals surface area contributed by atoms with E-state index in [1.165, 1.54) is 0 Å². The SMILES string of the molecule is CC(Nc1ccc(-c2ccnn2C)nc1)C(=O)Nc1ccc(C2=CCCC=C2)nn1. The van der Waals surface area contributed by atoms with Gasteiger partial charge < -0.3 is 10.6 Å². The third-order valence-electron chi connectivity index (χ3n) is 4.83. The van der Waals surface area contributed by atoms with E-state index >= 15 is 0 Å². The molecule has 1 aliphatic rings. The first-order valence-electron chi connectivity index (χ1n) is 9.83. The monoisotopic (exact) mass is 401 g/mol. The van der Waals surface area contributed by atoms with Crippen molar-refractivity contribution in [1.82, 2.24) is 25.0 Å². The lowest BCUT2D eigenvalue weighted by Gasteiger charge is -2.15. The highest BCUT2D eigenvalue weighted by Gasteiger charge is 2.14. The zero-order valence-electron chi connectivity index (χ0n) is 16.9. The summed E-state index contributed by atoms with van der Waals surface area (Å²) in [4.78, 5) is 17.0. The number of carbonyl (C=O) groups excluding carboxylic acids is 1. The fourth-order valence-corrected chi connectivity index (χ4v) is 3.16. The van der Waals surface area contributed by atoms with E-state index in [1.54, 1.807) is 30.1 Å². The molecule has 0 fully saturated rings. The van der Waals surface area contributed by atoms with E-state index in [1.807, 2.05) is 37.4 Å². The van der Waals surface area contributed by atoms with Gasteiger partial charge in [0.2, 0.25) is 5.91 Å². The summed E-state index contributed by atoms with van der Waals surface area (Å²) in [6, 6.07) is 8.84. The number of pyridine rings is 1. The summed E-state index contributed by atoms with van der Waals surface area (Å²) in [5.41, 5.74) is 4.35. The summed E-state index contributed by atoms with van der Waals surface area (Å²) >= 11 is 0. The van der Waals surface area contributed by atoms with Crippen LogP contribution in [0, 0.1) is 0 Å². The topological polar surface area (TPSA) is 97.6 Å². The van der Waals surface area contributed by atoms with Crippen LogP contribution in [-0.4, -0.2) is 36.9 Å². The molecule has 8 nitrogen and oxygen atoms in total. The number of aryl methyl sites for hydroxylation is 1. The van der Waals surface area contributed by atoms with Crippen molar-refractivity contribution in [2.75, 3.05) is 10.6 Å². The summed E-state index contributed by atoms with van der Waals surface area (Å²) in [6.07, 6.45) is 11.8. The van der Waals surface area contributed by atoms with Gasteiger partial charge in [-0.1, -0.05) is 18.2 Å². The number of hydrogen-bond donors (Lipinski definition) is 2. The zero-order valence-corrected chi connectivity index (χ0v) is 16.9. The van der Waals surface area contributed by atoms with Crippen LogP contribution in [0.1, 0.15) is 25.5 Å². The number of carbonyl (C=O) groups is 1. The Balaban J connectivity index is 1.35. The van der Waals surface area contributed by atoms with Crippen molar-refractivity contribution in [2.45, 2.75) is 25.8 Å². The first-order chi connectivity index (χ1) is 14.6. The van der Waals surface area contributed by atoms with Crippen molar-refractivity contribution in [3.8, 4) is 11.4 Å². The van der Waals surface area contributed by atoms with Gasteiger partial charge in [-0.25, -0.2) is 0 Å². The quantitative estimate of drug-likeness (QED) is 0.657. The Morgan fingerprint density at radius 3 is 2.60 bits per heavy atom. The maximum Gasteiger partial charge on any atom is 0.247 e. The molecule has 1 atom stereocenters. The molecule has 30 heavy (non-hydrogen) atoms. The van der Waals surface area contributed by atoms with E-state index in [-0.39, 0.29) is 5.91 Å². The molecule has 3 heterocycles. The smallest absolute Gasteiger partial charge is 0.247 e. The van der Waals surface area contributed by atoms with Crippen LogP contribution in [0.3, 0.4) is 0 Å². The van der Waals surface area contributed by atoms with Gasteiger partial charge >= 0.3 is 0 Å². The van der Waals surface area contributed by atoms with Crippen molar-refractivity contribution >= 4 is 23.0 Å². The Bertz CT molecular complexity index is 1080. The van der Waals surface area contributed by atoms with Crippen LogP contribution in [-0.2, 0) is 11.8 Å². The number of amides is 1. The Labute approximate surface area is 174 Å². The average molecular weight is 401 g/mol. The fourth-order valence-electron chi connectivity index (χ4n) is 3.16. The first-order valence-corrected chi connectivity index (χ1v) is 9.83. The summed E-state index contributed by atoms with van der Waals surface area (Å²) in [5.74, 6) is 0.215. The Hall–Kier alpha value is -3.81. The molecule has 1 unspecified atom stereocenters. The van der Waals surface area contributed by atoms with Crippen molar-refractivity contribution in [3.63, 3.8) is 0 Å². The van der Waals surface area contributed by atoms with Crippen LogP contribution in [0.5, 0.6) is 0 Å². The van der Waals surface area contributed by atoms with Gasteiger partial charge in [-0.05, 0) is 55.7 Å². The van der Waals surface area contributed by atoms with E-state index in [0.29, 0.717) is 5.82 Å². The third kappa shape index (κ3) is 4.43. The second kappa shape index (κ2) is 8.69. The van der Waals surface area contributed by atoms with Gasteiger partial charge in [0.1, 0.15) is 6.04 Å². The highest BCUT2D eigenvalue weighted by atomic mass is 16.2. The standard InChI is InChI=1S/C22H23N7O/c1-15(25-17-8-9-19(23-14-17)20-12-13-24-29(20)2)22(30)26-21-11-10-18(27-28-21)16-6-4-3-5-7-16/h4,6-15,25H,3,5H2,1-2H3,(H,26,28,30). The van der Waals surface area contributed by atoms with Crippen LogP contribution >= 0.6 is 0 Å². The minimum atomic E-state index is -0.472. The van der Waals surface area contributed by atoms with Gasteiger partial charge in [0.05, 0.1) is 29.0 Å². The van der Waals surface area contributed by atoms with Gasteiger partial charge in [0.15, 0.2) is 5.82 Å². The minimum Gasteiger partial charge on any atom is -0.373 e. The average Bonchev–Trinajstić information content (AvgIpc) is 3.21. The lowest BCUT2D eigenvalue weighted by Crippen LogP contribution is -2.32. The summed E-state index contributed by atoms with van der Waals surface area (Å²) in [5, 5.41) is 18.4.